The molecule has 3 N–H and O–H groups in total. The number of anilines is 2. The van der Waals surface area contributed by atoms with Gasteiger partial charge in [0.15, 0.2) is 0 Å². The van der Waals surface area contributed by atoms with Crippen molar-refractivity contribution in [2.24, 2.45) is 0 Å². The quantitative estimate of drug-likeness (QED) is 0.463. The molecule has 0 aliphatic carbocycles. The molecule has 0 saturated carbocycles. The number of morpholine rings is 1. The van der Waals surface area contributed by atoms with Crippen LogP contribution in [-0.4, -0.2) is 42.2 Å². The zero-order valence-electron chi connectivity index (χ0n) is 20.3. The maximum absolute atomic E-state index is 13.7. The third kappa shape index (κ3) is 6.79. The molecule has 3 amide bonds. The number of amides is 3. The van der Waals surface area contributed by atoms with Crippen LogP contribution in [0.1, 0.15) is 35.3 Å². The predicted molar refractivity (Wildman–Crippen MR) is 136 cm³/mol. The van der Waals surface area contributed by atoms with Crippen molar-refractivity contribution >= 4 is 23.4 Å². The minimum Gasteiger partial charge on any atom is -0.372 e. The molecule has 0 spiro atoms. The minimum absolute atomic E-state index is 0.0917. The second-order valence-electron chi connectivity index (χ2n) is 8.85. The Bertz CT molecular complexity index is 1180. The molecule has 2 aromatic carbocycles. The van der Waals surface area contributed by atoms with E-state index in [2.05, 4.69) is 39.7 Å². The lowest BCUT2D eigenvalue weighted by Crippen LogP contribution is -2.45. The first-order chi connectivity index (χ1) is 17.4. The van der Waals surface area contributed by atoms with Gasteiger partial charge in [0.2, 0.25) is 0 Å². The fraction of sp³-hybridized carbons (Fsp3) is 0.296. The van der Waals surface area contributed by atoms with Gasteiger partial charge in [-0.1, -0.05) is 24.3 Å². The molecule has 1 aromatic heterocycles. The summed E-state index contributed by atoms with van der Waals surface area (Å²) in [6, 6.07) is 16.3. The molecule has 0 bridgehead atoms. The number of nitrogens with zero attached hydrogens (tertiary/aromatic N) is 2. The molecule has 8 nitrogen and oxygen atoms in total. The number of nitrogens with one attached hydrogen (secondary N) is 3. The average molecular weight is 492 g/mol. The number of urea groups is 1. The van der Waals surface area contributed by atoms with Crippen LogP contribution in [0.3, 0.4) is 0 Å². The second-order valence-corrected chi connectivity index (χ2v) is 8.85. The third-order valence-electron chi connectivity index (χ3n) is 5.81. The first-order valence-corrected chi connectivity index (χ1v) is 11.9. The van der Waals surface area contributed by atoms with Gasteiger partial charge in [-0.3, -0.25) is 4.79 Å². The van der Waals surface area contributed by atoms with Gasteiger partial charge < -0.3 is 25.6 Å². The highest BCUT2D eigenvalue weighted by molar-refractivity contribution is 5.95. The van der Waals surface area contributed by atoms with Crippen molar-refractivity contribution < 1.29 is 18.7 Å². The largest absolute Gasteiger partial charge is 0.372 e. The number of carbonyl (C=O) groups is 2. The van der Waals surface area contributed by atoms with Gasteiger partial charge in [0.1, 0.15) is 11.6 Å². The molecule has 1 aliphatic rings. The summed E-state index contributed by atoms with van der Waals surface area (Å²) in [7, 11) is 0. The van der Waals surface area contributed by atoms with E-state index in [1.54, 1.807) is 48.7 Å². The van der Waals surface area contributed by atoms with Crippen molar-refractivity contribution in [3.63, 3.8) is 0 Å². The predicted octanol–water partition coefficient (Wildman–Crippen LogP) is 4.09. The molecule has 2 atom stereocenters. The fourth-order valence-corrected chi connectivity index (χ4v) is 4.06. The van der Waals surface area contributed by atoms with Crippen LogP contribution in [0.2, 0.25) is 0 Å². The molecule has 4 rings (SSSR count). The Morgan fingerprint density at radius 3 is 2.36 bits per heavy atom. The van der Waals surface area contributed by atoms with E-state index in [4.69, 9.17) is 4.74 Å². The molecule has 9 heteroatoms. The maximum Gasteiger partial charge on any atom is 0.319 e. The van der Waals surface area contributed by atoms with Gasteiger partial charge in [0.05, 0.1) is 12.2 Å². The Hall–Kier alpha value is -3.98. The van der Waals surface area contributed by atoms with Crippen LogP contribution in [-0.2, 0) is 17.8 Å². The molecule has 0 radical (unpaired) electrons. The highest BCUT2D eigenvalue weighted by atomic mass is 19.1. The number of benzene rings is 2. The summed E-state index contributed by atoms with van der Waals surface area (Å²) in [6.07, 6.45) is 2.07. The number of hydrogen-bond donors (Lipinski definition) is 3. The van der Waals surface area contributed by atoms with Crippen LogP contribution in [0.4, 0.5) is 20.7 Å². The van der Waals surface area contributed by atoms with Crippen molar-refractivity contribution in [1.82, 2.24) is 15.6 Å². The van der Waals surface area contributed by atoms with Gasteiger partial charge in [-0.25, -0.2) is 14.2 Å². The lowest BCUT2D eigenvalue weighted by atomic mass is 10.1. The topological polar surface area (TPSA) is 95.6 Å². The first kappa shape index (κ1) is 25.1. The van der Waals surface area contributed by atoms with Crippen molar-refractivity contribution in [2.45, 2.75) is 39.1 Å². The molecule has 188 valence electrons. The SMILES string of the molecule is CC1CN(c2ccc(CNC(=O)Nc3ccc(C(=O)NCc4ccccc4F)cc3)cn2)CC(C)O1. The Morgan fingerprint density at radius 1 is 0.972 bits per heavy atom. The van der Waals surface area contributed by atoms with Gasteiger partial charge in [-0.05, 0) is 55.8 Å². The average Bonchev–Trinajstić information content (AvgIpc) is 2.87. The Morgan fingerprint density at radius 2 is 1.69 bits per heavy atom. The monoisotopic (exact) mass is 491 g/mol. The molecule has 2 unspecified atom stereocenters. The van der Waals surface area contributed by atoms with Gasteiger partial charge in [-0.15, -0.1) is 0 Å². The summed E-state index contributed by atoms with van der Waals surface area (Å²) in [5, 5.41) is 8.24. The van der Waals surface area contributed by atoms with Crippen molar-refractivity contribution in [1.29, 1.82) is 0 Å². The lowest BCUT2D eigenvalue weighted by molar-refractivity contribution is -0.00546. The summed E-state index contributed by atoms with van der Waals surface area (Å²) in [5.41, 5.74) is 2.25. The number of ether oxygens (including phenoxy) is 1. The zero-order chi connectivity index (χ0) is 25.5. The summed E-state index contributed by atoms with van der Waals surface area (Å²) >= 11 is 0. The third-order valence-corrected chi connectivity index (χ3v) is 5.81. The van der Waals surface area contributed by atoms with Gasteiger partial charge in [0.25, 0.3) is 5.91 Å². The number of halogens is 1. The van der Waals surface area contributed by atoms with Crippen molar-refractivity contribution in [2.75, 3.05) is 23.3 Å². The Labute approximate surface area is 209 Å². The van der Waals surface area contributed by atoms with E-state index >= 15 is 0 Å². The Kier molecular flexibility index (Phi) is 8.12. The number of aromatic nitrogens is 1. The van der Waals surface area contributed by atoms with Gasteiger partial charge >= 0.3 is 6.03 Å². The van der Waals surface area contributed by atoms with Crippen LogP contribution >= 0.6 is 0 Å². The molecule has 2 heterocycles. The fourth-order valence-electron chi connectivity index (χ4n) is 4.06. The number of carbonyl (C=O) groups excluding carboxylic acids is 2. The van der Waals surface area contributed by atoms with E-state index in [1.165, 1.54) is 6.07 Å². The van der Waals surface area contributed by atoms with Crippen molar-refractivity contribution in [3.8, 4) is 0 Å². The van der Waals surface area contributed by atoms with E-state index in [1.807, 2.05) is 12.1 Å². The number of pyridine rings is 1. The summed E-state index contributed by atoms with van der Waals surface area (Å²) in [6.45, 7) is 6.11. The van der Waals surface area contributed by atoms with E-state index < -0.39 is 0 Å². The highest BCUT2D eigenvalue weighted by Crippen LogP contribution is 2.18. The Balaban J connectivity index is 1.23. The first-order valence-electron chi connectivity index (χ1n) is 11.9. The normalized spacial score (nSPS) is 17.4. The van der Waals surface area contributed by atoms with Crippen LogP contribution in [0.25, 0.3) is 0 Å². The minimum atomic E-state index is -0.369. The summed E-state index contributed by atoms with van der Waals surface area (Å²) in [5.74, 6) is 0.200. The molecule has 3 aromatic rings. The van der Waals surface area contributed by atoms with Crippen molar-refractivity contribution in [3.05, 3.63) is 89.4 Å². The van der Waals surface area contributed by atoms with Gasteiger partial charge in [-0.2, -0.15) is 0 Å². The van der Waals surface area contributed by atoms with Gasteiger partial charge in [0, 0.05) is 49.2 Å². The maximum atomic E-state index is 13.7. The summed E-state index contributed by atoms with van der Waals surface area (Å²) < 4.78 is 19.5. The number of hydrogen-bond acceptors (Lipinski definition) is 5. The van der Waals surface area contributed by atoms with Crippen LogP contribution < -0.4 is 20.9 Å². The van der Waals surface area contributed by atoms with E-state index in [0.717, 1.165) is 24.5 Å². The van der Waals surface area contributed by atoms with E-state index in [0.29, 0.717) is 23.4 Å². The van der Waals surface area contributed by atoms with Crippen LogP contribution in [0, 0.1) is 5.82 Å². The number of rotatable bonds is 7. The molecule has 1 saturated heterocycles. The zero-order valence-corrected chi connectivity index (χ0v) is 20.3. The molecule has 1 aliphatic heterocycles. The second kappa shape index (κ2) is 11.6. The molecule has 1 fully saturated rings. The summed E-state index contributed by atoms with van der Waals surface area (Å²) in [4.78, 5) is 31.4. The highest BCUT2D eigenvalue weighted by Gasteiger charge is 2.23. The molecule has 36 heavy (non-hydrogen) atoms. The molecular formula is C27H30FN5O3. The van der Waals surface area contributed by atoms with Crippen LogP contribution in [0.5, 0.6) is 0 Å². The molecular weight excluding hydrogens is 461 g/mol. The smallest absolute Gasteiger partial charge is 0.319 e. The van der Waals surface area contributed by atoms with E-state index in [-0.39, 0.29) is 36.5 Å². The lowest BCUT2D eigenvalue weighted by Gasteiger charge is -2.36. The van der Waals surface area contributed by atoms with Crippen LogP contribution in [0.15, 0.2) is 66.9 Å². The standard InChI is InChI=1S/C27H30FN5O3/c1-18-16-33(17-19(2)36-18)25-12-7-20(13-29-25)14-31-27(35)32-23-10-8-21(9-11-23)26(34)30-15-22-5-3-4-6-24(22)28/h3-13,18-19H,14-17H2,1-2H3,(H,30,34)(H2,31,32,35). The van der Waals surface area contributed by atoms with E-state index in [9.17, 15) is 14.0 Å².